The van der Waals surface area contributed by atoms with Crippen LogP contribution in [0.4, 0.5) is 0 Å². The van der Waals surface area contributed by atoms with E-state index in [1.165, 1.54) is 10.8 Å². The van der Waals surface area contributed by atoms with E-state index in [-0.39, 0.29) is 5.78 Å². The standard InChI is InChI=1S/C21H16Br2O/c1-14(12-22)17-4-2-7-20-18(5-3-6-19(17)20)15-8-10-16(11-9-15)21(24)13-23/h2-11H,1,12-13H2. The fourth-order valence-corrected chi connectivity index (χ4v) is 3.48. The van der Waals surface area contributed by atoms with Crippen molar-refractivity contribution in [2.24, 2.45) is 0 Å². The molecule has 0 amide bonds. The summed E-state index contributed by atoms with van der Waals surface area (Å²) in [6.45, 7) is 4.15. The Morgan fingerprint density at radius 2 is 1.50 bits per heavy atom. The highest BCUT2D eigenvalue weighted by Gasteiger charge is 2.09. The Morgan fingerprint density at radius 3 is 2.17 bits per heavy atom. The van der Waals surface area contributed by atoms with Crippen LogP contribution in [0.2, 0.25) is 0 Å². The van der Waals surface area contributed by atoms with Gasteiger partial charge in [-0.3, -0.25) is 4.79 Å². The molecule has 0 atom stereocenters. The minimum Gasteiger partial charge on any atom is -0.293 e. The molecular formula is C21H16Br2O. The second-order valence-corrected chi connectivity index (χ2v) is 6.70. The largest absolute Gasteiger partial charge is 0.293 e. The molecular weight excluding hydrogens is 428 g/mol. The molecule has 3 rings (SSSR count). The maximum atomic E-state index is 11.8. The number of carbonyl (C=O) groups is 1. The van der Waals surface area contributed by atoms with Crippen LogP contribution in [0.15, 0.2) is 67.2 Å². The predicted molar refractivity (Wildman–Crippen MR) is 110 cm³/mol. The Bertz CT molecular complexity index is 911. The SMILES string of the molecule is C=C(CBr)c1cccc2c(-c3ccc(C(=O)CBr)cc3)cccc12. The van der Waals surface area contributed by atoms with Gasteiger partial charge in [0.2, 0.25) is 0 Å². The fraction of sp³-hybridized carbons (Fsp3) is 0.0952. The number of halogens is 2. The molecule has 24 heavy (non-hydrogen) atoms. The van der Waals surface area contributed by atoms with Crippen LogP contribution in [0, 0.1) is 0 Å². The molecule has 0 aliphatic heterocycles. The van der Waals surface area contributed by atoms with Gasteiger partial charge in [-0.25, -0.2) is 0 Å². The highest BCUT2D eigenvalue weighted by Crippen LogP contribution is 2.33. The van der Waals surface area contributed by atoms with E-state index < -0.39 is 0 Å². The van der Waals surface area contributed by atoms with Gasteiger partial charge in [-0.1, -0.05) is 99.1 Å². The first kappa shape index (κ1) is 17.1. The molecule has 0 aliphatic carbocycles. The number of carbonyl (C=O) groups excluding carboxylic acids is 1. The van der Waals surface area contributed by atoms with Crippen molar-refractivity contribution in [1.82, 2.24) is 0 Å². The van der Waals surface area contributed by atoms with Crippen molar-refractivity contribution in [1.29, 1.82) is 0 Å². The van der Waals surface area contributed by atoms with E-state index in [1.54, 1.807) is 0 Å². The van der Waals surface area contributed by atoms with E-state index in [9.17, 15) is 4.79 Å². The molecule has 0 aliphatic rings. The van der Waals surface area contributed by atoms with E-state index in [2.05, 4.69) is 74.8 Å². The lowest BCUT2D eigenvalue weighted by atomic mass is 9.93. The van der Waals surface area contributed by atoms with Crippen LogP contribution in [-0.2, 0) is 0 Å². The van der Waals surface area contributed by atoms with Gasteiger partial charge in [0.25, 0.3) is 0 Å². The second kappa shape index (κ2) is 7.45. The van der Waals surface area contributed by atoms with Crippen LogP contribution in [0.5, 0.6) is 0 Å². The molecule has 0 saturated carbocycles. The number of benzene rings is 3. The van der Waals surface area contributed by atoms with Gasteiger partial charge in [-0.2, -0.15) is 0 Å². The van der Waals surface area contributed by atoms with Crippen LogP contribution in [-0.4, -0.2) is 16.4 Å². The van der Waals surface area contributed by atoms with Gasteiger partial charge in [0, 0.05) is 10.9 Å². The summed E-state index contributed by atoms with van der Waals surface area (Å²) in [5, 5.41) is 3.48. The van der Waals surface area contributed by atoms with Crippen molar-refractivity contribution in [3.05, 3.63) is 78.4 Å². The molecule has 3 heteroatoms. The molecule has 3 aromatic rings. The summed E-state index contributed by atoms with van der Waals surface area (Å²) in [5.74, 6) is 0.0929. The Hall–Kier alpha value is -1.71. The summed E-state index contributed by atoms with van der Waals surface area (Å²) < 4.78 is 0. The summed E-state index contributed by atoms with van der Waals surface area (Å²) in [7, 11) is 0. The number of ketones is 1. The zero-order chi connectivity index (χ0) is 17.1. The van der Waals surface area contributed by atoms with E-state index in [1.807, 2.05) is 24.3 Å². The average molecular weight is 444 g/mol. The quantitative estimate of drug-likeness (QED) is 0.325. The molecule has 3 aromatic carbocycles. The number of rotatable bonds is 5. The first-order valence-electron chi connectivity index (χ1n) is 7.61. The Labute approximate surface area is 158 Å². The molecule has 1 nitrogen and oxygen atoms in total. The zero-order valence-electron chi connectivity index (χ0n) is 13.1. The number of hydrogen-bond acceptors (Lipinski definition) is 1. The molecule has 0 radical (unpaired) electrons. The van der Waals surface area contributed by atoms with E-state index in [0.29, 0.717) is 5.33 Å². The number of allylic oxidation sites excluding steroid dienone is 1. The van der Waals surface area contributed by atoms with Gasteiger partial charge in [0.1, 0.15) is 0 Å². The summed E-state index contributed by atoms with van der Waals surface area (Å²) in [6, 6.07) is 20.4. The fourth-order valence-electron chi connectivity index (χ4n) is 2.85. The van der Waals surface area contributed by atoms with E-state index >= 15 is 0 Å². The Morgan fingerprint density at radius 1 is 0.833 bits per heavy atom. The van der Waals surface area contributed by atoms with Gasteiger partial charge >= 0.3 is 0 Å². The van der Waals surface area contributed by atoms with Crippen LogP contribution in [0.3, 0.4) is 0 Å². The Balaban J connectivity index is 2.13. The van der Waals surface area contributed by atoms with Crippen molar-refractivity contribution >= 4 is 54.0 Å². The molecule has 0 saturated heterocycles. The smallest absolute Gasteiger partial charge is 0.173 e. The lowest BCUT2D eigenvalue weighted by Crippen LogP contribution is -1.99. The van der Waals surface area contributed by atoms with Gasteiger partial charge < -0.3 is 0 Å². The maximum absolute atomic E-state index is 11.8. The molecule has 0 aromatic heterocycles. The van der Waals surface area contributed by atoms with Crippen LogP contribution in [0.1, 0.15) is 15.9 Å². The second-order valence-electron chi connectivity index (χ2n) is 5.58. The van der Waals surface area contributed by atoms with Crippen molar-refractivity contribution in [3.63, 3.8) is 0 Å². The summed E-state index contributed by atoms with van der Waals surface area (Å²) in [4.78, 5) is 11.8. The molecule has 0 bridgehead atoms. The van der Waals surface area contributed by atoms with Crippen LogP contribution < -0.4 is 0 Å². The zero-order valence-corrected chi connectivity index (χ0v) is 16.2. The minimum absolute atomic E-state index is 0.0929. The van der Waals surface area contributed by atoms with Crippen molar-refractivity contribution < 1.29 is 4.79 Å². The predicted octanol–water partition coefficient (Wildman–Crippen LogP) is 6.49. The highest BCUT2D eigenvalue weighted by atomic mass is 79.9. The van der Waals surface area contributed by atoms with Gasteiger partial charge in [0.15, 0.2) is 5.78 Å². The third kappa shape index (κ3) is 3.24. The lowest BCUT2D eigenvalue weighted by Gasteiger charge is -2.12. The normalized spacial score (nSPS) is 10.8. The van der Waals surface area contributed by atoms with Crippen LogP contribution >= 0.6 is 31.9 Å². The van der Waals surface area contributed by atoms with E-state index in [0.717, 1.165) is 33.2 Å². The van der Waals surface area contributed by atoms with Crippen molar-refractivity contribution in [2.75, 3.05) is 10.7 Å². The van der Waals surface area contributed by atoms with Crippen LogP contribution in [0.25, 0.3) is 27.5 Å². The molecule has 0 unspecified atom stereocenters. The Kier molecular flexibility index (Phi) is 5.32. The lowest BCUT2D eigenvalue weighted by molar-refractivity contribution is 0.102. The third-order valence-corrected chi connectivity index (χ3v) is 5.29. The molecule has 0 heterocycles. The van der Waals surface area contributed by atoms with Gasteiger partial charge in [0.05, 0.1) is 5.33 Å². The highest BCUT2D eigenvalue weighted by molar-refractivity contribution is 9.09. The molecule has 0 N–H and O–H groups in total. The molecule has 120 valence electrons. The minimum atomic E-state index is 0.0929. The molecule has 0 fully saturated rings. The first-order valence-corrected chi connectivity index (χ1v) is 9.85. The number of hydrogen-bond donors (Lipinski definition) is 0. The van der Waals surface area contributed by atoms with Gasteiger partial charge in [-0.05, 0) is 33.0 Å². The van der Waals surface area contributed by atoms with E-state index in [4.69, 9.17) is 0 Å². The van der Waals surface area contributed by atoms with Crippen molar-refractivity contribution in [3.8, 4) is 11.1 Å². The number of alkyl halides is 2. The summed E-state index contributed by atoms with van der Waals surface area (Å²) in [6.07, 6.45) is 0. The monoisotopic (exact) mass is 442 g/mol. The average Bonchev–Trinajstić information content (AvgIpc) is 2.66. The van der Waals surface area contributed by atoms with Gasteiger partial charge in [-0.15, -0.1) is 0 Å². The topological polar surface area (TPSA) is 17.1 Å². The maximum Gasteiger partial charge on any atom is 0.173 e. The summed E-state index contributed by atoms with van der Waals surface area (Å²) in [5.41, 5.74) is 5.22. The number of Topliss-reactive ketones (excluding diaryl/α,β-unsaturated/α-hetero) is 1. The summed E-state index contributed by atoms with van der Waals surface area (Å²) >= 11 is 6.71. The number of fused-ring (bicyclic) bond motifs is 1. The van der Waals surface area contributed by atoms with Crippen molar-refractivity contribution in [2.45, 2.75) is 0 Å². The molecule has 0 spiro atoms. The third-order valence-electron chi connectivity index (χ3n) is 4.10. The first-order chi connectivity index (χ1) is 11.7.